The van der Waals surface area contributed by atoms with E-state index in [0.717, 1.165) is 12.1 Å². The lowest BCUT2D eigenvalue weighted by Gasteiger charge is -2.24. The molecule has 11 heteroatoms. The number of anilines is 1. The number of carbonyl (C=O) groups excluding carboxylic acids is 2. The standard InChI is InChI=1S/C16H18F2I2N2O5/c17-10-7-9(8-11(18)14(10)22(5-3-19)6-4-20)16(26)27-13(23)2-1-12(21)15(24)25/h7-8,12H,1-6,21H2,(H,24,25)/t12-/m0/s1. The van der Waals surface area contributed by atoms with Gasteiger partial charge in [0.1, 0.15) is 23.4 Å². The van der Waals surface area contributed by atoms with Crippen LogP contribution in [0.1, 0.15) is 23.2 Å². The molecule has 150 valence electrons. The van der Waals surface area contributed by atoms with Crippen LogP contribution in [0.15, 0.2) is 12.1 Å². The van der Waals surface area contributed by atoms with Crippen LogP contribution in [-0.2, 0) is 14.3 Å². The maximum Gasteiger partial charge on any atom is 0.345 e. The Kier molecular flexibility index (Phi) is 10.4. The van der Waals surface area contributed by atoms with Crippen molar-refractivity contribution in [3.8, 4) is 0 Å². The second-order valence-corrected chi connectivity index (χ2v) is 7.56. The average Bonchev–Trinajstić information content (AvgIpc) is 2.59. The van der Waals surface area contributed by atoms with E-state index in [2.05, 4.69) is 49.9 Å². The number of hydrogen-bond donors (Lipinski definition) is 2. The van der Waals surface area contributed by atoms with Crippen molar-refractivity contribution in [2.24, 2.45) is 5.73 Å². The number of carboxylic acids is 1. The van der Waals surface area contributed by atoms with Crippen LogP contribution in [0.2, 0.25) is 0 Å². The number of halogens is 4. The Morgan fingerprint density at radius 1 is 1.15 bits per heavy atom. The Labute approximate surface area is 181 Å². The smallest absolute Gasteiger partial charge is 0.345 e. The van der Waals surface area contributed by atoms with Gasteiger partial charge in [-0.15, -0.1) is 0 Å². The highest BCUT2D eigenvalue weighted by atomic mass is 127. The fraction of sp³-hybridized carbons (Fsp3) is 0.438. The number of carbonyl (C=O) groups is 3. The fourth-order valence-electron chi connectivity index (χ4n) is 2.14. The van der Waals surface area contributed by atoms with E-state index >= 15 is 0 Å². The van der Waals surface area contributed by atoms with Gasteiger partial charge in [-0.3, -0.25) is 9.59 Å². The van der Waals surface area contributed by atoms with E-state index in [1.165, 1.54) is 4.90 Å². The highest BCUT2D eigenvalue weighted by Crippen LogP contribution is 2.26. The molecule has 0 saturated heterocycles. The first-order valence-electron chi connectivity index (χ1n) is 7.80. The van der Waals surface area contributed by atoms with Crippen LogP contribution >= 0.6 is 45.2 Å². The number of carboxylic acid groups (broad SMARTS) is 1. The van der Waals surface area contributed by atoms with Crippen molar-refractivity contribution in [3.05, 3.63) is 29.3 Å². The van der Waals surface area contributed by atoms with Crippen molar-refractivity contribution in [2.45, 2.75) is 18.9 Å². The zero-order chi connectivity index (χ0) is 20.6. The van der Waals surface area contributed by atoms with Gasteiger partial charge in [0, 0.05) is 28.4 Å². The summed E-state index contributed by atoms with van der Waals surface area (Å²) in [4.78, 5) is 35.6. The largest absolute Gasteiger partial charge is 0.480 e. The summed E-state index contributed by atoms with van der Waals surface area (Å²) in [5, 5.41) is 8.63. The molecule has 0 aromatic heterocycles. The van der Waals surface area contributed by atoms with E-state index in [0.29, 0.717) is 21.9 Å². The first-order valence-corrected chi connectivity index (χ1v) is 10.9. The molecule has 0 aliphatic rings. The molecule has 0 heterocycles. The summed E-state index contributed by atoms with van der Waals surface area (Å²) < 4.78 is 34.6. The second kappa shape index (κ2) is 11.7. The van der Waals surface area contributed by atoms with Crippen LogP contribution in [0.4, 0.5) is 14.5 Å². The van der Waals surface area contributed by atoms with Crippen LogP contribution in [-0.4, -0.2) is 51.0 Å². The third-order valence-electron chi connectivity index (χ3n) is 3.46. The summed E-state index contributed by atoms with van der Waals surface area (Å²) in [5.41, 5.74) is 4.56. The summed E-state index contributed by atoms with van der Waals surface area (Å²) in [6.07, 6.45) is -0.647. The quantitative estimate of drug-likeness (QED) is 0.182. The minimum absolute atomic E-state index is 0.231. The fourth-order valence-corrected chi connectivity index (χ4v) is 3.30. The van der Waals surface area contributed by atoms with E-state index in [1.54, 1.807) is 0 Å². The minimum atomic E-state index is -1.29. The van der Waals surface area contributed by atoms with Gasteiger partial charge in [-0.1, -0.05) is 45.2 Å². The zero-order valence-corrected chi connectivity index (χ0v) is 18.4. The molecule has 1 rings (SSSR count). The molecule has 0 aliphatic carbocycles. The molecule has 0 aliphatic heterocycles. The van der Waals surface area contributed by atoms with Gasteiger partial charge in [0.15, 0.2) is 0 Å². The van der Waals surface area contributed by atoms with Crippen molar-refractivity contribution in [2.75, 3.05) is 26.8 Å². The lowest BCUT2D eigenvalue weighted by Crippen LogP contribution is -2.31. The summed E-state index contributed by atoms with van der Waals surface area (Å²) >= 11 is 4.19. The van der Waals surface area contributed by atoms with Gasteiger partial charge in [-0.25, -0.2) is 13.6 Å². The number of esters is 2. The van der Waals surface area contributed by atoms with E-state index in [9.17, 15) is 23.2 Å². The molecule has 0 unspecified atom stereocenters. The first kappa shape index (κ1) is 23.9. The van der Waals surface area contributed by atoms with Crippen molar-refractivity contribution in [3.63, 3.8) is 0 Å². The van der Waals surface area contributed by atoms with Crippen LogP contribution in [0.25, 0.3) is 0 Å². The Balaban J connectivity index is 2.87. The third-order valence-corrected chi connectivity index (χ3v) is 4.43. The van der Waals surface area contributed by atoms with Gasteiger partial charge in [-0.05, 0) is 18.6 Å². The SMILES string of the molecule is N[C@@H](CCC(=O)OC(=O)c1cc(F)c(N(CCI)CCI)c(F)c1)C(=O)O. The molecule has 0 amide bonds. The van der Waals surface area contributed by atoms with Gasteiger partial charge in [-0.2, -0.15) is 0 Å². The van der Waals surface area contributed by atoms with E-state index in [-0.39, 0.29) is 12.1 Å². The lowest BCUT2D eigenvalue weighted by molar-refractivity contribution is -0.140. The maximum atomic E-state index is 14.4. The second-order valence-electron chi connectivity index (χ2n) is 5.40. The van der Waals surface area contributed by atoms with Gasteiger partial charge in [0.2, 0.25) is 0 Å². The van der Waals surface area contributed by atoms with Crippen LogP contribution in [0, 0.1) is 11.6 Å². The molecule has 7 nitrogen and oxygen atoms in total. The van der Waals surface area contributed by atoms with E-state index in [4.69, 9.17) is 10.8 Å². The molecular weight excluding hydrogens is 592 g/mol. The highest BCUT2D eigenvalue weighted by molar-refractivity contribution is 14.1. The van der Waals surface area contributed by atoms with Gasteiger partial charge < -0.3 is 20.5 Å². The number of aliphatic carboxylic acids is 1. The Morgan fingerprint density at radius 3 is 2.11 bits per heavy atom. The van der Waals surface area contributed by atoms with Crippen LogP contribution in [0.5, 0.6) is 0 Å². The molecule has 1 aromatic rings. The Morgan fingerprint density at radius 2 is 1.67 bits per heavy atom. The number of rotatable bonds is 10. The summed E-state index contributed by atoms with van der Waals surface area (Å²) in [6, 6.07) is 0.345. The van der Waals surface area contributed by atoms with Crippen molar-refractivity contribution < 1.29 is 33.0 Å². The zero-order valence-electron chi connectivity index (χ0n) is 14.1. The molecule has 0 bridgehead atoms. The van der Waals surface area contributed by atoms with Crippen molar-refractivity contribution in [1.29, 1.82) is 0 Å². The molecule has 1 atom stereocenters. The van der Waals surface area contributed by atoms with Gasteiger partial charge in [0.25, 0.3) is 0 Å². The maximum absolute atomic E-state index is 14.4. The van der Waals surface area contributed by atoms with Crippen molar-refractivity contribution >= 4 is 68.8 Å². The number of ether oxygens (including phenoxy) is 1. The highest BCUT2D eigenvalue weighted by Gasteiger charge is 2.22. The predicted octanol–water partition coefficient (Wildman–Crippen LogP) is 2.52. The van der Waals surface area contributed by atoms with Gasteiger partial charge in [0.05, 0.1) is 5.56 Å². The minimum Gasteiger partial charge on any atom is -0.480 e. The molecule has 1 aromatic carbocycles. The average molecular weight is 610 g/mol. The topological polar surface area (TPSA) is 110 Å². The number of hydrogen-bond acceptors (Lipinski definition) is 6. The van der Waals surface area contributed by atoms with Crippen molar-refractivity contribution in [1.82, 2.24) is 0 Å². The number of alkyl halides is 2. The summed E-state index contributed by atoms with van der Waals surface area (Å²) in [6.45, 7) is 0.868. The molecule has 0 spiro atoms. The van der Waals surface area contributed by atoms with Gasteiger partial charge >= 0.3 is 17.9 Å². The van der Waals surface area contributed by atoms with Crippen LogP contribution in [0.3, 0.4) is 0 Å². The lowest BCUT2D eigenvalue weighted by atomic mass is 10.1. The molecule has 0 radical (unpaired) electrons. The number of nitrogens with two attached hydrogens (primary N) is 1. The summed E-state index contributed by atoms with van der Waals surface area (Å²) in [5.74, 6) is -5.41. The molecule has 0 saturated carbocycles. The molecule has 27 heavy (non-hydrogen) atoms. The molecule has 0 fully saturated rings. The first-order chi connectivity index (χ1) is 12.7. The normalized spacial score (nSPS) is 11.7. The van der Waals surface area contributed by atoms with E-state index < -0.39 is 47.6 Å². The number of benzene rings is 1. The van der Waals surface area contributed by atoms with E-state index in [1.807, 2.05) is 0 Å². The third kappa shape index (κ3) is 7.44. The summed E-state index contributed by atoms with van der Waals surface area (Å²) in [7, 11) is 0. The molecule has 3 N–H and O–H groups in total. The Bertz CT molecular complexity index is 676. The predicted molar refractivity (Wildman–Crippen MR) is 112 cm³/mol. The Hall–Kier alpha value is -1.09. The number of nitrogens with zero attached hydrogens (tertiary/aromatic N) is 1. The monoisotopic (exact) mass is 610 g/mol. The van der Waals surface area contributed by atoms with Crippen LogP contribution < -0.4 is 10.6 Å². The molecular formula is C16H18F2I2N2O5.